The van der Waals surface area contributed by atoms with Crippen LogP contribution in [0.15, 0.2) is 47.0 Å². The molecule has 7 heteroatoms. The van der Waals surface area contributed by atoms with Crippen LogP contribution in [-0.2, 0) is 16.6 Å². The first-order chi connectivity index (χ1) is 14.6. The van der Waals surface area contributed by atoms with Crippen LogP contribution in [0.5, 0.6) is 0 Å². The number of amides is 1. The molecule has 2 heterocycles. The first-order valence-corrected chi connectivity index (χ1v) is 9.99. The highest BCUT2D eigenvalue weighted by Gasteiger charge is 2.48. The number of β-amino-alcohol motifs (C(OH)–C–C–N with tert-alkyl or cyclic N) is 1. The Bertz CT molecular complexity index is 1160. The van der Waals surface area contributed by atoms with Crippen molar-refractivity contribution in [1.29, 1.82) is 5.26 Å². The van der Waals surface area contributed by atoms with E-state index in [9.17, 15) is 9.90 Å². The molecule has 2 aromatic carbocycles. The van der Waals surface area contributed by atoms with Crippen molar-refractivity contribution in [2.24, 2.45) is 0 Å². The van der Waals surface area contributed by atoms with Crippen LogP contribution in [0.1, 0.15) is 29.5 Å². The summed E-state index contributed by atoms with van der Waals surface area (Å²) in [6, 6.07) is 15.2. The van der Waals surface area contributed by atoms with E-state index in [0.29, 0.717) is 36.8 Å². The molecule has 1 aromatic heterocycles. The molecule has 0 saturated carbocycles. The Hall–Kier alpha value is -3.50. The van der Waals surface area contributed by atoms with Crippen LogP contribution < -0.4 is 0 Å². The zero-order valence-electron chi connectivity index (χ0n) is 16.3. The fourth-order valence-electron chi connectivity index (χ4n) is 4.78. The van der Waals surface area contributed by atoms with Crippen molar-refractivity contribution in [1.82, 2.24) is 15.0 Å². The van der Waals surface area contributed by atoms with Crippen LogP contribution in [0.25, 0.3) is 22.8 Å². The van der Waals surface area contributed by atoms with Gasteiger partial charge in [-0.2, -0.15) is 10.2 Å². The fourth-order valence-corrected chi connectivity index (χ4v) is 4.78. The predicted octanol–water partition coefficient (Wildman–Crippen LogP) is 2.68. The third kappa shape index (κ3) is 2.88. The number of nitriles is 1. The van der Waals surface area contributed by atoms with Crippen LogP contribution in [0.4, 0.5) is 0 Å². The minimum Gasteiger partial charge on any atom is -0.395 e. The Morgan fingerprint density at radius 3 is 2.83 bits per heavy atom. The number of benzene rings is 2. The van der Waals surface area contributed by atoms with Gasteiger partial charge in [-0.15, -0.1) is 0 Å². The van der Waals surface area contributed by atoms with E-state index in [2.05, 4.69) is 22.3 Å². The van der Waals surface area contributed by atoms with E-state index in [1.54, 1.807) is 29.2 Å². The topological polar surface area (TPSA) is 103 Å². The van der Waals surface area contributed by atoms with Crippen molar-refractivity contribution in [2.45, 2.75) is 24.7 Å². The maximum Gasteiger partial charge on any atom is 0.258 e. The number of aromatic nitrogens is 2. The van der Waals surface area contributed by atoms with Crippen LogP contribution >= 0.6 is 0 Å². The van der Waals surface area contributed by atoms with Gasteiger partial charge in [0.15, 0.2) is 0 Å². The van der Waals surface area contributed by atoms with E-state index >= 15 is 0 Å². The number of rotatable bonds is 4. The van der Waals surface area contributed by atoms with Crippen molar-refractivity contribution in [3.05, 3.63) is 59.2 Å². The molecule has 1 atom stereocenters. The van der Waals surface area contributed by atoms with Crippen LogP contribution in [-0.4, -0.2) is 45.8 Å². The number of likely N-dealkylation sites (tertiary alicyclic amines) is 1. The van der Waals surface area contributed by atoms with Gasteiger partial charge in [0.25, 0.3) is 5.89 Å². The van der Waals surface area contributed by atoms with E-state index in [4.69, 9.17) is 9.78 Å². The number of fused-ring (bicyclic) bond motifs is 2. The Balaban J connectivity index is 1.48. The van der Waals surface area contributed by atoms with Crippen molar-refractivity contribution in [2.75, 3.05) is 19.7 Å². The highest BCUT2D eigenvalue weighted by Crippen LogP contribution is 2.48. The number of aliphatic hydroxyl groups excluding tert-OH is 1. The molecular formula is C23H20N4O3. The lowest BCUT2D eigenvalue weighted by atomic mass is 9.80. The van der Waals surface area contributed by atoms with Crippen molar-refractivity contribution >= 4 is 5.91 Å². The molecule has 5 rings (SSSR count). The lowest BCUT2D eigenvalue weighted by Crippen LogP contribution is -2.32. The van der Waals surface area contributed by atoms with Gasteiger partial charge in [-0.3, -0.25) is 4.79 Å². The highest BCUT2D eigenvalue weighted by atomic mass is 16.5. The second-order valence-electron chi connectivity index (χ2n) is 7.94. The molecule has 0 radical (unpaired) electrons. The zero-order valence-corrected chi connectivity index (χ0v) is 16.3. The smallest absolute Gasteiger partial charge is 0.258 e. The minimum atomic E-state index is -0.197. The molecule has 0 bridgehead atoms. The maximum absolute atomic E-state index is 12.5. The largest absolute Gasteiger partial charge is 0.395 e. The Kier molecular flexibility index (Phi) is 4.37. The van der Waals surface area contributed by atoms with E-state index < -0.39 is 0 Å². The molecular weight excluding hydrogens is 380 g/mol. The Morgan fingerprint density at radius 2 is 2.07 bits per heavy atom. The predicted molar refractivity (Wildman–Crippen MR) is 108 cm³/mol. The fraction of sp³-hybridized carbons (Fsp3) is 0.304. The van der Waals surface area contributed by atoms with Gasteiger partial charge < -0.3 is 14.5 Å². The number of carbonyl (C=O) groups excluding carboxylic acids is 1. The molecule has 7 nitrogen and oxygen atoms in total. The SMILES string of the molecule is N#Cc1ccc(-c2nc(-c3cccc4c3CC[C@@]43CC(=O)N(CCO)C3)no2)cc1. The molecule has 30 heavy (non-hydrogen) atoms. The summed E-state index contributed by atoms with van der Waals surface area (Å²) in [7, 11) is 0. The zero-order chi connectivity index (χ0) is 20.7. The van der Waals surface area contributed by atoms with Gasteiger partial charge in [0.2, 0.25) is 11.7 Å². The molecule has 1 N–H and O–H groups in total. The summed E-state index contributed by atoms with van der Waals surface area (Å²) in [6.07, 6.45) is 2.23. The summed E-state index contributed by atoms with van der Waals surface area (Å²) in [6.45, 7) is 1.01. The molecule has 1 aliphatic heterocycles. The van der Waals surface area contributed by atoms with E-state index in [-0.39, 0.29) is 17.9 Å². The lowest BCUT2D eigenvalue weighted by molar-refractivity contribution is -0.128. The van der Waals surface area contributed by atoms with Crippen LogP contribution in [0, 0.1) is 11.3 Å². The van der Waals surface area contributed by atoms with E-state index in [1.165, 1.54) is 11.1 Å². The molecule has 1 amide bonds. The second kappa shape index (κ2) is 7.08. The summed E-state index contributed by atoms with van der Waals surface area (Å²) in [5.74, 6) is 1.04. The average Bonchev–Trinajstić information content (AvgIpc) is 3.47. The first-order valence-electron chi connectivity index (χ1n) is 9.99. The van der Waals surface area contributed by atoms with Gasteiger partial charge in [0.1, 0.15) is 0 Å². The number of hydrogen-bond acceptors (Lipinski definition) is 6. The number of nitrogens with zero attached hydrogens (tertiary/aromatic N) is 4. The van der Waals surface area contributed by atoms with Crippen LogP contribution in [0.2, 0.25) is 0 Å². The quantitative estimate of drug-likeness (QED) is 0.722. The van der Waals surface area contributed by atoms with Crippen LogP contribution in [0.3, 0.4) is 0 Å². The van der Waals surface area contributed by atoms with Gasteiger partial charge in [-0.25, -0.2) is 0 Å². The third-order valence-electron chi connectivity index (χ3n) is 6.23. The van der Waals surface area contributed by atoms with Crippen molar-refractivity contribution < 1.29 is 14.4 Å². The van der Waals surface area contributed by atoms with Gasteiger partial charge in [0, 0.05) is 36.1 Å². The molecule has 150 valence electrons. The van der Waals surface area contributed by atoms with Gasteiger partial charge in [0.05, 0.1) is 18.2 Å². The van der Waals surface area contributed by atoms with Gasteiger partial charge >= 0.3 is 0 Å². The summed E-state index contributed by atoms with van der Waals surface area (Å²) in [5, 5.41) is 22.4. The van der Waals surface area contributed by atoms with Gasteiger partial charge in [-0.05, 0) is 48.2 Å². The molecule has 3 aromatic rings. The summed E-state index contributed by atoms with van der Waals surface area (Å²) < 4.78 is 5.49. The lowest BCUT2D eigenvalue weighted by Gasteiger charge is -2.24. The Labute approximate surface area is 173 Å². The molecule has 1 aliphatic carbocycles. The molecule has 1 fully saturated rings. The minimum absolute atomic E-state index is 0.0182. The maximum atomic E-state index is 12.5. The van der Waals surface area contributed by atoms with E-state index in [1.807, 2.05) is 12.1 Å². The molecule has 0 unspecified atom stereocenters. The molecule has 1 saturated heterocycles. The summed E-state index contributed by atoms with van der Waals surface area (Å²) in [5.41, 5.74) is 4.42. The molecule has 1 spiro atoms. The number of hydrogen-bond donors (Lipinski definition) is 1. The monoisotopic (exact) mass is 400 g/mol. The standard InChI is InChI=1S/C23H20N4O3/c24-13-15-4-6-16(7-5-15)22-25-21(26-30-22)18-2-1-3-19-17(18)8-9-23(19)12-20(29)27(14-23)10-11-28/h1-7,28H,8-12,14H2/t23-/m0/s1. The second-order valence-corrected chi connectivity index (χ2v) is 7.94. The van der Waals surface area contributed by atoms with Crippen molar-refractivity contribution in [3.8, 4) is 28.9 Å². The van der Waals surface area contributed by atoms with E-state index in [0.717, 1.165) is 24.0 Å². The highest BCUT2D eigenvalue weighted by molar-refractivity contribution is 5.82. The average molecular weight is 400 g/mol. The van der Waals surface area contributed by atoms with Crippen molar-refractivity contribution in [3.63, 3.8) is 0 Å². The number of carbonyl (C=O) groups is 1. The summed E-state index contributed by atoms with van der Waals surface area (Å²) in [4.78, 5) is 18.8. The number of aliphatic hydroxyl groups is 1. The molecule has 2 aliphatic rings. The Morgan fingerprint density at radius 1 is 1.23 bits per heavy atom. The van der Waals surface area contributed by atoms with Gasteiger partial charge in [-0.1, -0.05) is 23.4 Å². The summed E-state index contributed by atoms with van der Waals surface area (Å²) >= 11 is 0. The first kappa shape index (κ1) is 18.5. The third-order valence-corrected chi connectivity index (χ3v) is 6.23. The normalized spacial score (nSPS) is 20.0.